The Morgan fingerprint density at radius 3 is 2.16 bits per heavy atom. The Bertz CT molecular complexity index is 1080. The Morgan fingerprint density at radius 1 is 0.973 bits per heavy atom. The van der Waals surface area contributed by atoms with Gasteiger partial charge in [-0.2, -0.15) is 0 Å². The van der Waals surface area contributed by atoms with E-state index < -0.39 is 66.3 Å². The van der Waals surface area contributed by atoms with Crippen LogP contribution in [0.4, 0.5) is 0 Å². The van der Waals surface area contributed by atoms with Crippen molar-refractivity contribution >= 4 is 29.6 Å². The summed E-state index contributed by atoms with van der Waals surface area (Å²) in [5, 5.41) is 26.5. The van der Waals surface area contributed by atoms with Gasteiger partial charge in [0.15, 0.2) is 0 Å². The van der Waals surface area contributed by atoms with Crippen molar-refractivity contribution in [2.24, 2.45) is 11.5 Å². The van der Waals surface area contributed by atoms with Crippen LogP contribution in [0.1, 0.15) is 24.6 Å². The van der Waals surface area contributed by atoms with Crippen molar-refractivity contribution in [1.82, 2.24) is 25.9 Å². The normalized spacial score (nSPS) is 14.9. The number of primary amides is 1. The second kappa shape index (κ2) is 13.7. The SMILES string of the molecule is CC(O)C(NC(=O)C(N)Cc1cnc[nH]1)C(=O)NC(Cc1ccccc1)C(=O)NC(CC(N)=O)C(=O)O. The third kappa shape index (κ3) is 9.35. The van der Waals surface area contributed by atoms with E-state index in [0.717, 1.165) is 0 Å². The molecule has 0 aliphatic heterocycles. The number of nitrogens with zero attached hydrogens (tertiary/aromatic N) is 1. The molecule has 10 N–H and O–H groups in total. The summed E-state index contributed by atoms with van der Waals surface area (Å²) in [6.45, 7) is 1.27. The zero-order chi connectivity index (χ0) is 27.5. The molecular weight excluding hydrogens is 486 g/mol. The topological polar surface area (TPSA) is 243 Å². The van der Waals surface area contributed by atoms with Crippen LogP contribution in [-0.2, 0) is 36.8 Å². The number of hydrogen-bond donors (Lipinski definition) is 8. The molecule has 14 nitrogen and oxygen atoms in total. The fourth-order valence-corrected chi connectivity index (χ4v) is 3.39. The molecule has 2 rings (SSSR count). The number of nitrogens with one attached hydrogen (secondary N) is 4. The second-order valence-corrected chi connectivity index (χ2v) is 8.44. The third-order valence-corrected chi connectivity index (χ3v) is 5.33. The first-order valence-electron chi connectivity index (χ1n) is 11.3. The summed E-state index contributed by atoms with van der Waals surface area (Å²) in [6, 6.07) is 3.05. The van der Waals surface area contributed by atoms with E-state index in [9.17, 15) is 34.2 Å². The molecule has 0 saturated carbocycles. The van der Waals surface area contributed by atoms with Crippen molar-refractivity contribution in [3.63, 3.8) is 0 Å². The van der Waals surface area contributed by atoms with Crippen LogP contribution in [0.2, 0.25) is 0 Å². The van der Waals surface area contributed by atoms with Crippen molar-refractivity contribution in [3.8, 4) is 0 Å². The number of carbonyl (C=O) groups excluding carboxylic acids is 4. The first kappa shape index (κ1) is 28.9. The van der Waals surface area contributed by atoms with Crippen LogP contribution in [0.15, 0.2) is 42.9 Å². The van der Waals surface area contributed by atoms with Crippen LogP contribution in [0.5, 0.6) is 0 Å². The lowest BCUT2D eigenvalue weighted by Gasteiger charge is -2.26. The zero-order valence-corrected chi connectivity index (χ0v) is 20.1. The Hall–Kier alpha value is -4.30. The highest BCUT2D eigenvalue weighted by Crippen LogP contribution is 2.07. The number of aliphatic hydroxyl groups excluding tert-OH is 1. The number of nitrogens with two attached hydrogens (primary N) is 2. The molecule has 0 aliphatic carbocycles. The number of carboxylic acids is 1. The Kier molecular flexibility index (Phi) is 10.7. The van der Waals surface area contributed by atoms with Gasteiger partial charge in [0.2, 0.25) is 23.6 Å². The molecule has 0 aliphatic rings. The van der Waals surface area contributed by atoms with Gasteiger partial charge in [-0.3, -0.25) is 19.2 Å². The summed E-state index contributed by atoms with van der Waals surface area (Å²) in [5.74, 6) is -4.98. The maximum absolute atomic E-state index is 13.0. The second-order valence-electron chi connectivity index (χ2n) is 8.44. The number of aliphatic hydroxyl groups is 1. The number of aliphatic carboxylic acids is 1. The molecule has 1 aromatic heterocycles. The lowest BCUT2D eigenvalue weighted by Crippen LogP contribution is -2.60. The monoisotopic (exact) mass is 517 g/mol. The minimum Gasteiger partial charge on any atom is -0.480 e. The van der Waals surface area contributed by atoms with Crippen molar-refractivity contribution in [2.75, 3.05) is 0 Å². The van der Waals surface area contributed by atoms with E-state index in [0.29, 0.717) is 11.3 Å². The predicted octanol–water partition coefficient (Wildman–Crippen LogP) is -2.68. The molecule has 5 atom stereocenters. The fraction of sp³-hybridized carbons (Fsp3) is 0.391. The lowest BCUT2D eigenvalue weighted by molar-refractivity contribution is -0.143. The van der Waals surface area contributed by atoms with Crippen molar-refractivity contribution < 1.29 is 34.2 Å². The molecule has 1 heterocycles. The molecule has 0 radical (unpaired) electrons. The van der Waals surface area contributed by atoms with Crippen molar-refractivity contribution in [2.45, 2.75) is 56.5 Å². The van der Waals surface area contributed by atoms with E-state index in [1.807, 2.05) is 0 Å². The molecule has 0 saturated heterocycles. The molecule has 0 bridgehead atoms. The molecule has 1 aromatic carbocycles. The van der Waals surface area contributed by atoms with Crippen molar-refractivity contribution in [3.05, 3.63) is 54.1 Å². The quantitative estimate of drug-likeness (QED) is 0.130. The van der Waals surface area contributed by atoms with E-state index >= 15 is 0 Å². The van der Waals surface area contributed by atoms with Gasteiger partial charge in [-0.25, -0.2) is 9.78 Å². The average molecular weight is 518 g/mol. The predicted molar refractivity (Wildman–Crippen MR) is 129 cm³/mol. The number of carboxylic acid groups (broad SMARTS) is 1. The molecular formula is C23H31N7O7. The number of imidazole rings is 1. The number of H-pyrrole nitrogens is 1. The fourth-order valence-electron chi connectivity index (χ4n) is 3.39. The average Bonchev–Trinajstić information content (AvgIpc) is 3.34. The highest BCUT2D eigenvalue weighted by Gasteiger charge is 2.33. The van der Waals surface area contributed by atoms with Gasteiger partial charge in [-0.15, -0.1) is 0 Å². The molecule has 0 fully saturated rings. The molecule has 14 heteroatoms. The minimum absolute atomic E-state index is 0.0544. The molecule has 4 amide bonds. The molecule has 0 spiro atoms. The summed E-state index contributed by atoms with van der Waals surface area (Å²) in [6.07, 6.45) is 0.916. The Labute approximate surface area is 212 Å². The van der Waals surface area contributed by atoms with Gasteiger partial charge >= 0.3 is 5.97 Å². The number of aromatic amines is 1. The highest BCUT2D eigenvalue weighted by molar-refractivity contribution is 5.95. The van der Waals surface area contributed by atoms with Gasteiger partial charge in [0.25, 0.3) is 0 Å². The molecule has 5 unspecified atom stereocenters. The molecule has 200 valence electrons. The van der Waals surface area contributed by atoms with E-state index in [2.05, 4.69) is 25.9 Å². The van der Waals surface area contributed by atoms with E-state index in [-0.39, 0.29) is 12.8 Å². The van der Waals surface area contributed by atoms with Gasteiger partial charge in [0.05, 0.1) is 24.9 Å². The lowest BCUT2D eigenvalue weighted by atomic mass is 10.0. The van der Waals surface area contributed by atoms with E-state index in [4.69, 9.17) is 11.5 Å². The van der Waals surface area contributed by atoms with Crippen LogP contribution < -0.4 is 27.4 Å². The first-order chi connectivity index (χ1) is 17.5. The first-order valence-corrected chi connectivity index (χ1v) is 11.3. The smallest absolute Gasteiger partial charge is 0.326 e. The number of carbonyl (C=O) groups is 5. The summed E-state index contributed by atoms with van der Waals surface area (Å²) in [5.41, 5.74) is 12.2. The summed E-state index contributed by atoms with van der Waals surface area (Å²) in [4.78, 5) is 67.9. The van der Waals surface area contributed by atoms with Crippen molar-refractivity contribution in [1.29, 1.82) is 0 Å². The number of hydrogen-bond acceptors (Lipinski definition) is 8. The van der Waals surface area contributed by atoms with Crippen LogP contribution in [0.25, 0.3) is 0 Å². The highest BCUT2D eigenvalue weighted by atomic mass is 16.4. The van der Waals surface area contributed by atoms with E-state index in [1.54, 1.807) is 30.3 Å². The van der Waals surface area contributed by atoms with Gasteiger partial charge < -0.3 is 42.6 Å². The number of aromatic nitrogens is 2. The molecule has 37 heavy (non-hydrogen) atoms. The standard InChI is InChI=1S/C23H31N7O7/c1-12(31)19(30-20(33)15(24)8-14-10-26-11-27-14)22(35)28-16(7-13-5-3-2-4-6-13)21(34)29-17(23(36)37)9-18(25)32/h2-6,10-12,15-17,19,31H,7-9,24H2,1H3,(H2,25,32)(H,26,27)(H,28,35)(H,29,34)(H,30,33)(H,36,37). The summed E-state index contributed by atoms with van der Waals surface area (Å²) < 4.78 is 0. The maximum Gasteiger partial charge on any atom is 0.326 e. The minimum atomic E-state index is -1.62. The number of amides is 4. The van der Waals surface area contributed by atoms with Gasteiger partial charge in [-0.1, -0.05) is 30.3 Å². The van der Waals surface area contributed by atoms with Crippen LogP contribution in [-0.4, -0.2) is 80.1 Å². The summed E-state index contributed by atoms with van der Waals surface area (Å²) in [7, 11) is 0. The van der Waals surface area contributed by atoms with Gasteiger partial charge in [0, 0.05) is 24.7 Å². The third-order valence-electron chi connectivity index (χ3n) is 5.33. The number of rotatable bonds is 14. The Balaban J connectivity index is 2.17. The maximum atomic E-state index is 13.0. The molecule has 2 aromatic rings. The van der Waals surface area contributed by atoms with Gasteiger partial charge in [-0.05, 0) is 12.5 Å². The van der Waals surface area contributed by atoms with Gasteiger partial charge in [0.1, 0.15) is 18.1 Å². The Morgan fingerprint density at radius 2 is 1.62 bits per heavy atom. The van der Waals surface area contributed by atoms with E-state index in [1.165, 1.54) is 19.4 Å². The van der Waals surface area contributed by atoms with Crippen LogP contribution in [0.3, 0.4) is 0 Å². The zero-order valence-electron chi connectivity index (χ0n) is 20.1. The number of benzene rings is 1. The van der Waals surface area contributed by atoms with Crippen LogP contribution >= 0.6 is 0 Å². The summed E-state index contributed by atoms with van der Waals surface area (Å²) >= 11 is 0. The van der Waals surface area contributed by atoms with Crippen LogP contribution in [0, 0.1) is 0 Å². The largest absolute Gasteiger partial charge is 0.480 e.